The summed E-state index contributed by atoms with van der Waals surface area (Å²) < 4.78 is 14.3. The first-order valence-electron chi connectivity index (χ1n) is 6.86. The Morgan fingerprint density at radius 3 is 2.72 bits per heavy atom. The Morgan fingerprint density at radius 2 is 2.04 bits per heavy atom. The number of carbonyl (C=O) groups excluding carboxylic acids is 1. The number of imidazole rings is 1. The second-order valence-corrected chi connectivity index (χ2v) is 5.76. The van der Waals surface area contributed by atoms with E-state index in [0.717, 1.165) is 6.07 Å². The summed E-state index contributed by atoms with van der Waals surface area (Å²) in [5, 5.41) is 11.7. The van der Waals surface area contributed by atoms with Gasteiger partial charge in [0.2, 0.25) is 0 Å². The van der Waals surface area contributed by atoms with Crippen molar-refractivity contribution in [1.29, 1.82) is 0 Å². The monoisotopic (exact) mass is 382 g/mol. The topological polar surface area (TPSA) is 96.6 Å². The summed E-state index contributed by atoms with van der Waals surface area (Å²) in [6.45, 7) is 0.0566. The fourth-order valence-electron chi connectivity index (χ4n) is 2.15. The average Bonchev–Trinajstić information content (AvgIpc) is 2.96. The molecule has 2 aromatic heterocycles. The Bertz CT molecular complexity index is 1010. The average molecular weight is 383 g/mol. The molecule has 0 aliphatic rings. The summed E-state index contributed by atoms with van der Waals surface area (Å²) >= 11 is 11.5. The first-order valence-corrected chi connectivity index (χ1v) is 7.61. The Kier molecular flexibility index (Phi) is 4.56. The van der Waals surface area contributed by atoms with Crippen molar-refractivity contribution in [2.75, 3.05) is 0 Å². The number of hydrogen-bond donors (Lipinski definition) is 2. The van der Waals surface area contributed by atoms with Crippen LogP contribution in [0.3, 0.4) is 0 Å². The largest absolute Gasteiger partial charge is 0.477 e. The molecule has 3 rings (SSSR count). The molecule has 2 heterocycles. The molecule has 0 radical (unpaired) electrons. The lowest BCUT2D eigenvalue weighted by Gasteiger charge is -2.08. The van der Waals surface area contributed by atoms with Crippen molar-refractivity contribution in [3.63, 3.8) is 0 Å². The predicted molar refractivity (Wildman–Crippen MR) is 87.5 cm³/mol. The summed E-state index contributed by atoms with van der Waals surface area (Å²) in [6, 6.07) is 5.14. The van der Waals surface area contributed by atoms with Gasteiger partial charge in [0.1, 0.15) is 23.5 Å². The van der Waals surface area contributed by atoms with Gasteiger partial charge in [0.15, 0.2) is 10.8 Å². The zero-order valence-electron chi connectivity index (χ0n) is 12.3. The number of nitrogens with zero attached hydrogens (tertiary/aromatic N) is 3. The van der Waals surface area contributed by atoms with E-state index in [0.29, 0.717) is 5.56 Å². The SMILES string of the molecule is O=C(NCc1ccc(F)c(Cl)c1)c1cc(C(=O)O)n2cnc(Cl)c2n1. The summed E-state index contributed by atoms with van der Waals surface area (Å²) in [5.74, 6) is -2.45. The highest BCUT2D eigenvalue weighted by Gasteiger charge is 2.18. The van der Waals surface area contributed by atoms with Gasteiger partial charge in [-0.2, -0.15) is 0 Å². The van der Waals surface area contributed by atoms with Gasteiger partial charge in [-0.3, -0.25) is 9.20 Å². The van der Waals surface area contributed by atoms with Crippen LogP contribution < -0.4 is 5.32 Å². The van der Waals surface area contributed by atoms with Crippen LogP contribution in [0.15, 0.2) is 30.6 Å². The van der Waals surface area contributed by atoms with Crippen molar-refractivity contribution in [2.24, 2.45) is 0 Å². The van der Waals surface area contributed by atoms with Crippen molar-refractivity contribution in [3.8, 4) is 0 Å². The molecule has 3 aromatic rings. The summed E-state index contributed by atoms with van der Waals surface area (Å²) in [4.78, 5) is 31.4. The van der Waals surface area contributed by atoms with Crippen LogP contribution in [0.5, 0.6) is 0 Å². The second kappa shape index (κ2) is 6.66. The van der Waals surface area contributed by atoms with Crippen molar-refractivity contribution in [2.45, 2.75) is 6.54 Å². The molecule has 10 heteroatoms. The lowest BCUT2D eigenvalue weighted by Crippen LogP contribution is -2.25. The van der Waals surface area contributed by atoms with Gasteiger partial charge in [0, 0.05) is 12.6 Å². The number of aromatic carboxylic acids is 1. The molecule has 0 fully saturated rings. The van der Waals surface area contributed by atoms with E-state index in [1.54, 1.807) is 0 Å². The standard InChI is InChI=1S/C15H9Cl2FN4O3/c16-8-3-7(1-2-9(8)18)5-19-14(23)10-4-11(15(24)25)22-6-20-12(17)13(22)21-10/h1-4,6H,5H2,(H,19,23)(H,24,25). The number of hydrogen-bond acceptors (Lipinski definition) is 4. The third-order valence-corrected chi connectivity index (χ3v) is 3.90. The van der Waals surface area contributed by atoms with E-state index in [4.69, 9.17) is 23.2 Å². The number of carbonyl (C=O) groups is 2. The van der Waals surface area contributed by atoms with Crippen molar-refractivity contribution in [3.05, 3.63) is 63.5 Å². The molecule has 1 amide bonds. The third-order valence-electron chi connectivity index (χ3n) is 3.35. The predicted octanol–water partition coefficient (Wildman–Crippen LogP) is 2.80. The molecule has 0 atom stereocenters. The maximum Gasteiger partial charge on any atom is 0.353 e. The fourth-order valence-corrected chi connectivity index (χ4v) is 2.53. The molecule has 128 valence electrons. The van der Waals surface area contributed by atoms with Crippen LogP contribution in [-0.4, -0.2) is 31.4 Å². The highest BCUT2D eigenvalue weighted by molar-refractivity contribution is 6.32. The molecule has 0 saturated heterocycles. The van der Waals surface area contributed by atoms with Gasteiger partial charge in [-0.05, 0) is 17.7 Å². The highest BCUT2D eigenvalue weighted by atomic mass is 35.5. The second-order valence-electron chi connectivity index (χ2n) is 4.99. The Balaban J connectivity index is 1.87. The van der Waals surface area contributed by atoms with Crippen molar-refractivity contribution in [1.82, 2.24) is 19.7 Å². The van der Waals surface area contributed by atoms with Crippen LogP contribution >= 0.6 is 23.2 Å². The van der Waals surface area contributed by atoms with Crippen LogP contribution in [0, 0.1) is 5.82 Å². The molecular formula is C15H9Cl2FN4O3. The Labute approximate surface area is 150 Å². The first-order chi connectivity index (χ1) is 11.9. The number of amides is 1. The van der Waals surface area contributed by atoms with Gasteiger partial charge in [-0.25, -0.2) is 19.2 Å². The third kappa shape index (κ3) is 3.40. The van der Waals surface area contributed by atoms with Gasteiger partial charge in [-0.1, -0.05) is 29.3 Å². The van der Waals surface area contributed by atoms with E-state index in [1.165, 1.54) is 28.9 Å². The van der Waals surface area contributed by atoms with Gasteiger partial charge in [0.05, 0.1) is 5.02 Å². The number of benzene rings is 1. The highest BCUT2D eigenvalue weighted by Crippen LogP contribution is 2.18. The van der Waals surface area contributed by atoms with E-state index in [1.807, 2.05) is 0 Å². The van der Waals surface area contributed by atoms with E-state index in [2.05, 4.69) is 15.3 Å². The molecule has 0 saturated carbocycles. The van der Waals surface area contributed by atoms with Crippen LogP contribution in [0.1, 0.15) is 26.5 Å². The van der Waals surface area contributed by atoms with Crippen LogP contribution in [0.4, 0.5) is 4.39 Å². The number of nitrogens with one attached hydrogen (secondary N) is 1. The fraction of sp³-hybridized carbons (Fsp3) is 0.0667. The molecule has 0 aliphatic carbocycles. The minimum absolute atomic E-state index is 0.0255. The quantitative estimate of drug-likeness (QED) is 0.722. The van der Waals surface area contributed by atoms with Gasteiger partial charge < -0.3 is 10.4 Å². The lowest BCUT2D eigenvalue weighted by molar-refractivity contribution is 0.0688. The molecule has 0 spiro atoms. The maximum absolute atomic E-state index is 13.1. The number of rotatable bonds is 4. The summed E-state index contributed by atoms with van der Waals surface area (Å²) in [5.41, 5.74) is 0.276. The number of aromatic nitrogens is 3. The van der Waals surface area contributed by atoms with E-state index in [-0.39, 0.29) is 33.8 Å². The normalized spacial score (nSPS) is 10.8. The number of carboxylic acids is 1. The zero-order valence-corrected chi connectivity index (χ0v) is 13.8. The van der Waals surface area contributed by atoms with Crippen molar-refractivity contribution < 1.29 is 19.1 Å². The first kappa shape index (κ1) is 17.1. The molecule has 25 heavy (non-hydrogen) atoms. The molecular weight excluding hydrogens is 374 g/mol. The molecule has 0 unspecified atom stereocenters. The van der Waals surface area contributed by atoms with Gasteiger partial charge in [0.25, 0.3) is 5.91 Å². The summed E-state index contributed by atoms with van der Waals surface area (Å²) in [6.07, 6.45) is 1.20. The van der Waals surface area contributed by atoms with E-state index < -0.39 is 17.7 Å². The maximum atomic E-state index is 13.1. The van der Waals surface area contributed by atoms with Crippen LogP contribution in [0.25, 0.3) is 5.65 Å². The lowest BCUT2D eigenvalue weighted by atomic mass is 10.2. The molecule has 0 bridgehead atoms. The molecule has 0 aliphatic heterocycles. The molecule has 2 N–H and O–H groups in total. The van der Waals surface area contributed by atoms with Gasteiger partial charge in [-0.15, -0.1) is 0 Å². The minimum Gasteiger partial charge on any atom is -0.477 e. The number of carboxylic acid groups (broad SMARTS) is 1. The Morgan fingerprint density at radius 1 is 1.28 bits per heavy atom. The van der Waals surface area contributed by atoms with Crippen molar-refractivity contribution >= 4 is 40.7 Å². The van der Waals surface area contributed by atoms with E-state index in [9.17, 15) is 19.1 Å². The number of halogens is 3. The van der Waals surface area contributed by atoms with Gasteiger partial charge >= 0.3 is 5.97 Å². The Hall–Kier alpha value is -2.71. The summed E-state index contributed by atoms with van der Waals surface area (Å²) in [7, 11) is 0. The molecule has 7 nitrogen and oxygen atoms in total. The minimum atomic E-state index is -1.26. The van der Waals surface area contributed by atoms with Crippen LogP contribution in [-0.2, 0) is 6.54 Å². The zero-order chi connectivity index (χ0) is 18.1. The molecule has 1 aromatic carbocycles. The van der Waals surface area contributed by atoms with E-state index >= 15 is 0 Å². The number of fused-ring (bicyclic) bond motifs is 1. The smallest absolute Gasteiger partial charge is 0.353 e. The van der Waals surface area contributed by atoms with Crippen LogP contribution in [0.2, 0.25) is 10.2 Å².